The van der Waals surface area contributed by atoms with Crippen LogP contribution in [-0.2, 0) is 0 Å². The number of rotatable bonds is 3. The predicted octanol–water partition coefficient (Wildman–Crippen LogP) is 2.66. The van der Waals surface area contributed by atoms with Crippen molar-refractivity contribution in [2.24, 2.45) is 0 Å². The molecule has 8 heteroatoms. The molecule has 28 heavy (non-hydrogen) atoms. The molecule has 0 N–H and O–H groups in total. The lowest BCUT2D eigenvalue weighted by Crippen LogP contribution is -2.49. The topological polar surface area (TPSA) is 96.9 Å². The van der Waals surface area contributed by atoms with Gasteiger partial charge in [0.15, 0.2) is 0 Å². The Bertz CT molecular complexity index is 1120. The number of nitro benzene ring substituents is 1. The summed E-state index contributed by atoms with van der Waals surface area (Å²) in [5, 5.41) is 11.7. The summed E-state index contributed by atoms with van der Waals surface area (Å²) in [6, 6.07) is 15.0. The van der Waals surface area contributed by atoms with E-state index in [1.54, 1.807) is 35.2 Å². The summed E-state index contributed by atoms with van der Waals surface area (Å²) in [5.41, 5.74) is 0.586. The van der Waals surface area contributed by atoms with Crippen LogP contribution in [0.25, 0.3) is 11.0 Å². The van der Waals surface area contributed by atoms with Crippen molar-refractivity contribution in [1.29, 1.82) is 0 Å². The Morgan fingerprint density at radius 3 is 2.50 bits per heavy atom. The Morgan fingerprint density at radius 1 is 1.00 bits per heavy atom. The second-order valence-electron chi connectivity index (χ2n) is 6.54. The quantitative estimate of drug-likeness (QED) is 0.394. The average molecular weight is 379 g/mol. The highest BCUT2D eigenvalue weighted by Crippen LogP contribution is 2.22. The normalized spacial score (nSPS) is 14.3. The molecule has 0 aliphatic carbocycles. The van der Waals surface area contributed by atoms with Crippen LogP contribution in [0.2, 0.25) is 0 Å². The molecule has 0 radical (unpaired) electrons. The number of anilines is 1. The number of hydrogen-bond donors (Lipinski definition) is 0. The minimum Gasteiger partial charge on any atom is -0.422 e. The fourth-order valence-corrected chi connectivity index (χ4v) is 3.35. The number of carbonyl (C=O) groups is 1. The van der Waals surface area contributed by atoms with E-state index in [1.165, 1.54) is 12.1 Å². The van der Waals surface area contributed by atoms with Crippen LogP contribution < -0.4 is 10.5 Å². The van der Waals surface area contributed by atoms with Gasteiger partial charge in [-0.1, -0.05) is 24.3 Å². The number of benzene rings is 2. The van der Waals surface area contributed by atoms with Gasteiger partial charge in [0.05, 0.1) is 4.92 Å². The first kappa shape index (κ1) is 17.7. The van der Waals surface area contributed by atoms with Gasteiger partial charge in [-0.2, -0.15) is 0 Å². The van der Waals surface area contributed by atoms with E-state index in [2.05, 4.69) is 0 Å². The summed E-state index contributed by atoms with van der Waals surface area (Å²) in [4.78, 5) is 39.1. The molecule has 0 spiro atoms. The molecule has 1 aliphatic heterocycles. The molecule has 0 saturated carbocycles. The largest absolute Gasteiger partial charge is 0.422 e. The first-order valence-electron chi connectivity index (χ1n) is 8.84. The van der Waals surface area contributed by atoms with Crippen molar-refractivity contribution in [3.05, 3.63) is 80.7 Å². The Balaban J connectivity index is 1.50. The first-order chi connectivity index (χ1) is 13.5. The third-order valence-electron chi connectivity index (χ3n) is 4.84. The summed E-state index contributed by atoms with van der Waals surface area (Å²) in [7, 11) is 0. The van der Waals surface area contributed by atoms with Crippen molar-refractivity contribution in [3.63, 3.8) is 0 Å². The Kier molecular flexibility index (Phi) is 4.52. The smallest absolute Gasteiger partial charge is 0.349 e. The van der Waals surface area contributed by atoms with Crippen LogP contribution in [-0.4, -0.2) is 41.9 Å². The SMILES string of the molecule is O=C(c1cc2ccccc2oc1=O)N1CCN(c2cccc([N+](=O)[O-])c2)CC1. The van der Waals surface area contributed by atoms with Crippen LogP contribution in [0.4, 0.5) is 11.4 Å². The van der Waals surface area contributed by atoms with E-state index >= 15 is 0 Å². The second kappa shape index (κ2) is 7.15. The maximum absolute atomic E-state index is 12.8. The molecule has 1 amide bonds. The molecular weight excluding hydrogens is 362 g/mol. The van der Waals surface area contributed by atoms with E-state index in [4.69, 9.17) is 4.42 Å². The van der Waals surface area contributed by atoms with Gasteiger partial charge in [-0.3, -0.25) is 14.9 Å². The molecule has 142 valence electrons. The van der Waals surface area contributed by atoms with Crippen molar-refractivity contribution >= 4 is 28.3 Å². The van der Waals surface area contributed by atoms with Crippen molar-refractivity contribution in [1.82, 2.24) is 4.90 Å². The minimum absolute atomic E-state index is 0.0162. The van der Waals surface area contributed by atoms with Gasteiger partial charge in [0.25, 0.3) is 11.6 Å². The number of hydrogen-bond acceptors (Lipinski definition) is 6. The van der Waals surface area contributed by atoms with E-state index in [9.17, 15) is 19.7 Å². The van der Waals surface area contributed by atoms with Gasteiger partial charge in [0.1, 0.15) is 11.1 Å². The number of piperazine rings is 1. The molecule has 0 unspecified atom stereocenters. The Morgan fingerprint density at radius 2 is 1.75 bits per heavy atom. The fraction of sp³-hybridized carbons (Fsp3) is 0.200. The summed E-state index contributed by atoms with van der Waals surface area (Å²) in [5.74, 6) is -0.363. The fourth-order valence-electron chi connectivity index (χ4n) is 3.35. The lowest BCUT2D eigenvalue weighted by atomic mass is 10.1. The third kappa shape index (κ3) is 3.32. The van der Waals surface area contributed by atoms with Crippen LogP contribution >= 0.6 is 0 Å². The maximum Gasteiger partial charge on any atom is 0.349 e. The first-order valence-corrected chi connectivity index (χ1v) is 8.84. The number of non-ortho nitro benzene ring substituents is 1. The van der Waals surface area contributed by atoms with Crippen LogP contribution in [0, 0.1) is 10.1 Å². The highest BCUT2D eigenvalue weighted by Gasteiger charge is 2.25. The zero-order valence-corrected chi connectivity index (χ0v) is 14.9. The highest BCUT2D eigenvalue weighted by atomic mass is 16.6. The Hall–Kier alpha value is -3.68. The summed E-state index contributed by atoms with van der Waals surface area (Å²) in [6.45, 7) is 1.86. The highest BCUT2D eigenvalue weighted by molar-refractivity contribution is 5.96. The number of para-hydroxylation sites is 1. The summed E-state index contributed by atoms with van der Waals surface area (Å²) >= 11 is 0. The summed E-state index contributed by atoms with van der Waals surface area (Å²) < 4.78 is 5.25. The van der Waals surface area contributed by atoms with Crippen LogP contribution in [0.3, 0.4) is 0 Å². The Labute approximate surface area is 159 Å². The monoisotopic (exact) mass is 379 g/mol. The minimum atomic E-state index is -0.648. The van der Waals surface area contributed by atoms with E-state index < -0.39 is 10.5 Å². The van der Waals surface area contributed by atoms with E-state index in [-0.39, 0.29) is 17.2 Å². The number of amides is 1. The number of fused-ring (bicyclic) bond motifs is 1. The van der Waals surface area contributed by atoms with Gasteiger partial charge < -0.3 is 14.2 Å². The lowest BCUT2D eigenvalue weighted by molar-refractivity contribution is -0.384. The maximum atomic E-state index is 12.8. The molecule has 1 aliphatic rings. The van der Waals surface area contributed by atoms with Gasteiger partial charge >= 0.3 is 5.63 Å². The molecular formula is C20H17N3O5. The molecule has 1 fully saturated rings. The second-order valence-corrected chi connectivity index (χ2v) is 6.54. The molecule has 8 nitrogen and oxygen atoms in total. The molecule has 0 bridgehead atoms. The van der Waals surface area contributed by atoms with Gasteiger partial charge in [-0.25, -0.2) is 4.79 Å². The van der Waals surface area contributed by atoms with Crippen molar-refractivity contribution < 1.29 is 14.1 Å². The zero-order valence-electron chi connectivity index (χ0n) is 14.9. The van der Waals surface area contributed by atoms with E-state index in [1.807, 2.05) is 17.0 Å². The molecule has 0 atom stereocenters. The van der Waals surface area contributed by atoms with Crippen molar-refractivity contribution in [3.8, 4) is 0 Å². The van der Waals surface area contributed by atoms with Crippen LogP contribution in [0.5, 0.6) is 0 Å². The number of carbonyl (C=O) groups excluding carboxylic acids is 1. The molecule has 2 aromatic carbocycles. The third-order valence-corrected chi connectivity index (χ3v) is 4.84. The van der Waals surface area contributed by atoms with Crippen LogP contribution in [0.1, 0.15) is 10.4 Å². The molecule has 3 aromatic rings. The van der Waals surface area contributed by atoms with Gasteiger partial charge in [0.2, 0.25) is 0 Å². The number of nitrogens with zero attached hydrogens (tertiary/aromatic N) is 3. The van der Waals surface area contributed by atoms with E-state index in [0.29, 0.717) is 37.1 Å². The van der Waals surface area contributed by atoms with Crippen LogP contribution in [0.15, 0.2) is 63.8 Å². The van der Waals surface area contributed by atoms with Crippen molar-refractivity contribution in [2.45, 2.75) is 0 Å². The molecule has 1 aromatic heterocycles. The van der Waals surface area contributed by atoms with E-state index in [0.717, 1.165) is 5.69 Å². The van der Waals surface area contributed by atoms with Gasteiger partial charge in [0, 0.05) is 49.4 Å². The standard InChI is InChI=1S/C20H17N3O5/c24-19(17-12-14-4-1-2-7-18(14)28-20(17)25)22-10-8-21(9-11-22)15-5-3-6-16(13-15)23(26)27/h1-7,12-13H,8-11H2. The van der Waals surface area contributed by atoms with Gasteiger partial charge in [-0.05, 0) is 18.2 Å². The molecule has 1 saturated heterocycles. The lowest BCUT2D eigenvalue weighted by Gasteiger charge is -2.35. The van der Waals surface area contributed by atoms with Crippen molar-refractivity contribution in [2.75, 3.05) is 31.1 Å². The summed E-state index contributed by atoms with van der Waals surface area (Å²) in [6.07, 6.45) is 0. The molecule has 2 heterocycles. The number of nitro groups is 1. The average Bonchev–Trinajstić information content (AvgIpc) is 2.73. The predicted molar refractivity (Wildman–Crippen MR) is 104 cm³/mol. The van der Waals surface area contributed by atoms with Gasteiger partial charge in [-0.15, -0.1) is 0 Å². The molecule has 4 rings (SSSR count). The zero-order chi connectivity index (χ0) is 19.7.